The van der Waals surface area contributed by atoms with Crippen LogP contribution in [-0.4, -0.2) is 15.0 Å². The van der Waals surface area contributed by atoms with Gasteiger partial charge in [-0.05, 0) is 19.1 Å². The van der Waals surface area contributed by atoms with E-state index in [2.05, 4.69) is 11.3 Å². The van der Waals surface area contributed by atoms with Gasteiger partial charge in [-0.1, -0.05) is 24.3 Å². The molecule has 16 heavy (non-hydrogen) atoms. The van der Waals surface area contributed by atoms with E-state index in [0.717, 1.165) is 0 Å². The summed E-state index contributed by atoms with van der Waals surface area (Å²) >= 11 is 0. The average Bonchev–Trinajstić information content (AvgIpc) is 2.26. The summed E-state index contributed by atoms with van der Waals surface area (Å²) in [7, 11) is -3.63. The Morgan fingerprint density at radius 2 is 2.12 bits per heavy atom. The molecule has 0 aliphatic rings. The molecular formula is C11H12N2O2S. The van der Waals surface area contributed by atoms with E-state index in [9.17, 15) is 8.42 Å². The summed E-state index contributed by atoms with van der Waals surface area (Å²) in [6.45, 7) is 5.49. The first-order valence-corrected chi connectivity index (χ1v) is 6.09. The fourth-order valence-corrected chi connectivity index (χ4v) is 2.34. The number of sulfonamides is 1. The van der Waals surface area contributed by atoms with Gasteiger partial charge >= 0.3 is 0 Å². The summed E-state index contributed by atoms with van der Waals surface area (Å²) in [5, 5.41) is 8.80. The molecule has 84 valence electrons. The number of rotatable bonds is 4. The zero-order valence-electron chi connectivity index (χ0n) is 8.90. The second-order valence-corrected chi connectivity index (χ2v) is 5.12. The molecule has 1 aromatic carbocycles. The lowest BCUT2D eigenvalue weighted by molar-refractivity contribution is 0.584. The first-order valence-electron chi connectivity index (χ1n) is 4.60. The Bertz CT molecular complexity index is 541. The summed E-state index contributed by atoms with van der Waals surface area (Å²) in [4.78, 5) is -0.00116. The predicted molar refractivity (Wildman–Crippen MR) is 61.2 cm³/mol. The minimum absolute atomic E-state index is 0.00116. The second-order valence-electron chi connectivity index (χ2n) is 3.39. The molecule has 4 nitrogen and oxygen atoms in total. The van der Waals surface area contributed by atoms with Crippen molar-refractivity contribution >= 4 is 10.0 Å². The van der Waals surface area contributed by atoms with E-state index in [1.54, 1.807) is 19.1 Å². The minimum atomic E-state index is -3.63. The van der Waals surface area contributed by atoms with Crippen molar-refractivity contribution in [3.63, 3.8) is 0 Å². The molecule has 0 bridgehead atoms. The maximum absolute atomic E-state index is 11.8. The summed E-state index contributed by atoms with van der Waals surface area (Å²) < 4.78 is 26.0. The molecule has 1 rings (SSSR count). The van der Waals surface area contributed by atoms with Crippen LogP contribution in [0.3, 0.4) is 0 Å². The Morgan fingerprint density at radius 1 is 1.50 bits per heavy atom. The maximum atomic E-state index is 11.8. The zero-order chi connectivity index (χ0) is 12.2. The average molecular weight is 236 g/mol. The van der Waals surface area contributed by atoms with Crippen LogP contribution in [0.4, 0.5) is 0 Å². The van der Waals surface area contributed by atoms with Gasteiger partial charge in [0.15, 0.2) is 0 Å². The van der Waals surface area contributed by atoms with Gasteiger partial charge < -0.3 is 0 Å². The van der Waals surface area contributed by atoms with Crippen LogP contribution in [-0.2, 0) is 10.0 Å². The second kappa shape index (κ2) is 4.92. The highest BCUT2D eigenvalue weighted by Crippen LogP contribution is 2.13. The Labute approximate surface area is 95.3 Å². The van der Waals surface area contributed by atoms with Crippen LogP contribution in [0.2, 0.25) is 0 Å². The highest BCUT2D eigenvalue weighted by molar-refractivity contribution is 7.89. The number of nitrogens with zero attached hydrogens (tertiary/aromatic N) is 1. The third-order valence-corrected chi connectivity index (χ3v) is 3.32. The molecule has 0 radical (unpaired) electrons. The lowest BCUT2D eigenvalue weighted by Crippen LogP contribution is -2.25. The van der Waals surface area contributed by atoms with Crippen molar-refractivity contribution in [2.45, 2.75) is 11.8 Å². The Kier molecular flexibility index (Phi) is 3.82. The summed E-state index contributed by atoms with van der Waals surface area (Å²) in [6, 6.07) is 7.92. The van der Waals surface area contributed by atoms with Crippen molar-refractivity contribution in [1.29, 1.82) is 5.26 Å². The van der Waals surface area contributed by atoms with Gasteiger partial charge in [-0.2, -0.15) is 5.26 Å². The smallest absolute Gasteiger partial charge is 0.207 e. The number of hydrogen-bond acceptors (Lipinski definition) is 3. The third kappa shape index (κ3) is 2.92. The third-order valence-electron chi connectivity index (χ3n) is 1.86. The highest BCUT2D eigenvalue weighted by atomic mass is 32.2. The van der Waals surface area contributed by atoms with E-state index < -0.39 is 10.0 Å². The van der Waals surface area contributed by atoms with Crippen LogP contribution >= 0.6 is 0 Å². The first-order chi connectivity index (χ1) is 7.47. The Balaban J connectivity index is 3.08. The van der Waals surface area contributed by atoms with Crippen LogP contribution in [0.15, 0.2) is 41.3 Å². The number of nitrogens with one attached hydrogen (secondary N) is 1. The van der Waals surface area contributed by atoms with Gasteiger partial charge in [0.2, 0.25) is 10.0 Å². The Morgan fingerprint density at radius 3 is 2.69 bits per heavy atom. The van der Waals surface area contributed by atoms with Crippen LogP contribution in [0, 0.1) is 11.3 Å². The molecule has 5 heteroatoms. The standard InChI is InChI=1S/C11H12N2O2S/c1-9(2)8-13-16(14,15)11-6-4-3-5-10(11)7-12/h3-6,13H,1,8H2,2H3. The monoisotopic (exact) mass is 236 g/mol. The van der Waals surface area contributed by atoms with Crippen molar-refractivity contribution in [3.05, 3.63) is 42.0 Å². The molecule has 0 atom stereocenters. The lowest BCUT2D eigenvalue weighted by atomic mass is 10.2. The topological polar surface area (TPSA) is 70.0 Å². The van der Waals surface area contributed by atoms with Gasteiger partial charge in [0.25, 0.3) is 0 Å². The molecule has 0 unspecified atom stereocenters. The normalized spacial score (nSPS) is 10.8. The number of nitriles is 1. The maximum Gasteiger partial charge on any atom is 0.242 e. The van der Waals surface area contributed by atoms with Crippen LogP contribution < -0.4 is 4.72 Å². The molecule has 1 aromatic rings. The van der Waals surface area contributed by atoms with Crippen LogP contribution in [0.5, 0.6) is 0 Å². The molecule has 0 saturated carbocycles. The van der Waals surface area contributed by atoms with Crippen LogP contribution in [0.25, 0.3) is 0 Å². The van der Waals surface area contributed by atoms with Crippen molar-refractivity contribution in [2.24, 2.45) is 0 Å². The molecule has 0 aromatic heterocycles. The number of hydrogen-bond donors (Lipinski definition) is 1. The first kappa shape index (κ1) is 12.4. The van der Waals surface area contributed by atoms with E-state index in [4.69, 9.17) is 5.26 Å². The molecule has 1 N–H and O–H groups in total. The molecule has 0 aliphatic heterocycles. The molecule has 0 fully saturated rings. The molecule has 0 heterocycles. The van der Waals surface area contributed by atoms with Gasteiger partial charge in [-0.25, -0.2) is 13.1 Å². The molecule has 0 amide bonds. The van der Waals surface area contributed by atoms with E-state index in [1.165, 1.54) is 12.1 Å². The van der Waals surface area contributed by atoms with Gasteiger partial charge in [0.1, 0.15) is 6.07 Å². The quantitative estimate of drug-likeness (QED) is 0.803. The van der Waals surface area contributed by atoms with Crippen molar-refractivity contribution < 1.29 is 8.42 Å². The van der Waals surface area contributed by atoms with E-state index in [-0.39, 0.29) is 17.0 Å². The van der Waals surface area contributed by atoms with E-state index >= 15 is 0 Å². The van der Waals surface area contributed by atoms with Gasteiger partial charge in [0, 0.05) is 6.54 Å². The summed E-state index contributed by atoms with van der Waals surface area (Å²) in [5.41, 5.74) is 0.842. The summed E-state index contributed by atoms with van der Waals surface area (Å²) in [6.07, 6.45) is 0. The van der Waals surface area contributed by atoms with Crippen molar-refractivity contribution in [3.8, 4) is 6.07 Å². The van der Waals surface area contributed by atoms with Gasteiger partial charge in [-0.15, -0.1) is 0 Å². The van der Waals surface area contributed by atoms with E-state index in [1.807, 2.05) is 6.07 Å². The van der Waals surface area contributed by atoms with Gasteiger partial charge in [0.05, 0.1) is 10.5 Å². The van der Waals surface area contributed by atoms with Crippen molar-refractivity contribution in [2.75, 3.05) is 6.54 Å². The zero-order valence-corrected chi connectivity index (χ0v) is 9.71. The largest absolute Gasteiger partial charge is 0.242 e. The molecule has 0 spiro atoms. The van der Waals surface area contributed by atoms with Gasteiger partial charge in [-0.3, -0.25) is 0 Å². The fraction of sp³-hybridized carbons (Fsp3) is 0.182. The Hall–Kier alpha value is -1.64. The molecule has 0 saturated heterocycles. The molecular weight excluding hydrogens is 224 g/mol. The minimum Gasteiger partial charge on any atom is -0.207 e. The molecule has 0 aliphatic carbocycles. The predicted octanol–water partition coefficient (Wildman–Crippen LogP) is 1.41. The van der Waals surface area contributed by atoms with Crippen molar-refractivity contribution in [1.82, 2.24) is 4.72 Å². The highest BCUT2D eigenvalue weighted by Gasteiger charge is 2.17. The fourth-order valence-electron chi connectivity index (χ4n) is 1.09. The SMILES string of the molecule is C=C(C)CNS(=O)(=O)c1ccccc1C#N. The summed E-state index contributed by atoms with van der Waals surface area (Å²) in [5.74, 6) is 0. The number of benzene rings is 1. The lowest BCUT2D eigenvalue weighted by Gasteiger charge is -2.07. The van der Waals surface area contributed by atoms with E-state index in [0.29, 0.717) is 5.57 Å². The van der Waals surface area contributed by atoms with Crippen LogP contribution in [0.1, 0.15) is 12.5 Å².